The van der Waals surface area contributed by atoms with Crippen LogP contribution in [0, 0.1) is 0 Å². The van der Waals surface area contributed by atoms with E-state index in [9.17, 15) is 21.9 Å². The van der Waals surface area contributed by atoms with E-state index in [2.05, 4.69) is 0 Å². The van der Waals surface area contributed by atoms with E-state index in [-0.39, 0.29) is 24.5 Å². The van der Waals surface area contributed by atoms with Gasteiger partial charge in [0.1, 0.15) is 5.75 Å². The number of hydrogen-bond acceptors (Lipinski definition) is 6. The number of benzene rings is 1. The summed E-state index contributed by atoms with van der Waals surface area (Å²) in [6.07, 6.45) is 0. The molecule has 10 heteroatoms. The lowest BCUT2D eigenvalue weighted by atomic mass is 10.2. The molecule has 0 amide bonds. The van der Waals surface area contributed by atoms with Crippen molar-refractivity contribution >= 4 is 25.9 Å². The molecule has 0 bridgehead atoms. The van der Waals surface area contributed by atoms with Crippen LogP contribution >= 0.6 is 0 Å². The Bertz CT molecular complexity index is 618. The summed E-state index contributed by atoms with van der Waals surface area (Å²) < 4.78 is 60.5. The van der Waals surface area contributed by atoms with Gasteiger partial charge in [0.15, 0.2) is 0 Å². The van der Waals surface area contributed by atoms with E-state index in [1.54, 1.807) is 12.1 Å². The van der Waals surface area contributed by atoms with Crippen molar-refractivity contribution in [3.63, 3.8) is 0 Å². The van der Waals surface area contributed by atoms with Crippen molar-refractivity contribution in [2.24, 2.45) is 0 Å². The van der Waals surface area contributed by atoms with E-state index in [0.717, 1.165) is 0 Å². The lowest BCUT2D eigenvalue weighted by molar-refractivity contribution is 0.470. The molecule has 1 rings (SSSR count). The van der Waals surface area contributed by atoms with E-state index in [0.29, 0.717) is 0 Å². The highest BCUT2D eigenvalue weighted by Crippen LogP contribution is 2.26. The van der Waals surface area contributed by atoms with Crippen molar-refractivity contribution < 1.29 is 31.0 Å². The molecule has 20 heavy (non-hydrogen) atoms. The Labute approximate surface area is 117 Å². The van der Waals surface area contributed by atoms with Crippen LogP contribution in [-0.4, -0.2) is 55.6 Å². The van der Waals surface area contributed by atoms with Crippen molar-refractivity contribution in [2.45, 2.75) is 0 Å². The van der Waals surface area contributed by atoms with Gasteiger partial charge in [0, 0.05) is 13.1 Å². The van der Waals surface area contributed by atoms with Gasteiger partial charge >= 0.3 is 0 Å². The molecule has 0 radical (unpaired) electrons. The molecule has 0 heterocycles. The molecule has 114 valence electrons. The number of phenols is 1. The summed E-state index contributed by atoms with van der Waals surface area (Å²) in [5, 5.41) is 9.67. The molecule has 8 nitrogen and oxygen atoms in total. The smallest absolute Gasteiger partial charge is 0.266 e. The minimum Gasteiger partial charge on any atom is -0.506 e. The predicted octanol–water partition coefficient (Wildman–Crippen LogP) is -0.0258. The van der Waals surface area contributed by atoms with Crippen LogP contribution in [0.15, 0.2) is 24.3 Å². The maximum atomic E-state index is 10.8. The van der Waals surface area contributed by atoms with Crippen LogP contribution in [-0.2, 0) is 20.2 Å². The molecular formula is C10H15NO7S2. The van der Waals surface area contributed by atoms with Crippen LogP contribution in [0.1, 0.15) is 0 Å². The average molecular weight is 325 g/mol. The summed E-state index contributed by atoms with van der Waals surface area (Å²) in [7, 11) is -8.46. The molecule has 0 aromatic heterocycles. The Balaban J connectivity index is 2.92. The average Bonchev–Trinajstić information content (AvgIpc) is 2.28. The van der Waals surface area contributed by atoms with Crippen molar-refractivity contribution in [1.82, 2.24) is 0 Å². The SMILES string of the molecule is O=S(=O)(O)CCN(CCS(=O)(=O)O)c1ccccc1O. The predicted molar refractivity (Wildman–Crippen MR) is 73.2 cm³/mol. The summed E-state index contributed by atoms with van der Waals surface area (Å²) in [5.41, 5.74) is 0.208. The highest BCUT2D eigenvalue weighted by molar-refractivity contribution is 7.86. The van der Waals surface area contributed by atoms with Crippen LogP contribution < -0.4 is 4.90 Å². The van der Waals surface area contributed by atoms with E-state index < -0.39 is 31.7 Å². The molecule has 0 fully saturated rings. The summed E-state index contributed by atoms with van der Waals surface area (Å²) in [5.74, 6) is -1.43. The summed E-state index contributed by atoms with van der Waals surface area (Å²) in [6, 6.07) is 5.93. The van der Waals surface area contributed by atoms with Crippen LogP contribution in [0.4, 0.5) is 5.69 Å². The Morgan fingerprint density at radius 3 is 1.75 bits per heavy atom. The zero-order chi connectivity index (χ0) is 15.4. The van der Waals surface area contributed by atoms with Gasteiger partial charge < -0.3 is 10.0 Å². The second-order valence-corrected chi connectivity index (χ2v) is 7.19. The summed E-state index contributed by atoms with van der Waals surface area (Å²) >= 11 is 0. The van der Waals surface area contributed by atoms with Crippen LogP contribution in [0.3, 0.4) is 0 Å². The van der Waals surface area contributed by atoms with Crippen LogP contribution in [0.25, 0.3) is 0 Å². The molecule has 1 aromatic rings. The standard InChI is InChI=1S/C10H15NO7S2/c12-10-4-2-1-3-9(10)11(5-7-19(13,14)15)6-8-20(16,17)18/h1-4,12H,5-8H2,(H,13,14,15)(H,16,17,18). The second kappa shape index (κ2) is 6.39. The first kappa shape index (κ1) is 16.7. The minimum atomic E-state index is -4.23. The molecule has 0 aliphatic rings. The lowest BCUT2D eigenvalue weighted by Gasteiger charge is -2.24. The number of nitrogens with zero attached hydrogens (tertiary/aromatic N) is 1. The second-order valence-electron chi connectivity index (χ2n) is 4.05. The quantitative estimate of drug-likeness (QED) is 0.596. The van der Waals surface area contributed by atoms with Crippen LogP contribution in [0.2, 0.25) is 0 Å². The molecule has 3 N–H and O–H groups in total. The third-order valence-electron chi connectivity index (χ3n) is 2.46. The van der Waals surface area contributed by atoms with E-state index in [1.807, 2.05) is 0 Å². The molecule has 1 aromatic carbocycles. The molecule has 0 aliphatic carbocycles. The fourth-order valence-corrected chi connectivity index (χ4v) is 2.44. The van der Waals surface area contributed by atoms with Gasteiger partial charge in [0.05, 0.1) is 17.2 Å². The number of hydrogen-bond donors (Lipinski definition) is 3. The van der Waals surface area contributed by atoms with E-state index in [4.69, 9.17) is 9.11 Å². The Kier molecular flexibility index (Phi) is 5.34. The van der Waals surface area contributed by atoms with Gasteiger partial charge in [-0.15, -0.1) is 0 Å². The monoisotopic (exact) mass is 325 g/mol. The van der Waals surface area contributed by atoms with Crippen LogP contribution in [0.5, 0.6) is 5.75 Å². The first-order valence-corrected chi connectivity index (χ1v) is 8.73. The zero-order valence-electron chi connectivity index (χ0n) is 10.4. The Hall–Kier alpha value is -1.36. The van der Waals surface area contributed by atoms with Gasteiger partial charge in [0.2, 0.25) is 0 Å². The van der Waals surface area contributed by atoms with Gasteiger partial charge in [0.25, 0.3) is 20.2 Å². The first-order chi connectivity index (χ1) is 9.08. The molecule has 0 atom stereocenters. The number of para-hydroxylation sites is 2. The van der Waals surface area contributed by atoms with E-state index >= 15 is 0 Å². The molecule has 0 unspecified atom stereocenters. The van der Waals surface area contributed by atoms with Crippen molar-refractivity contribution in [1.29, 1.82) is 0 Å². The summed E-state index contributed by atoms with van der Waals surface area (Å²) in [6.45, 7) is -0.460. The van der Waals surface area contributed by atoms with E-state index in [1.165, 1.54) is 17.0 Å². The third-order valence-corrected chi connectivity index (χ3v) is 3.86. The molecule has 0 spiro atoms. The highest BCUT2D eigenvalue weighted by atomic mass is 32.2. The maximum absolute atomic E-state index is 10.8. The highest BCUT2D eigenvalue weighted by Gasteiger charge is 2.16. The zero-order valence-corrected chi connectivity index (χ0v) is 12.0. The van der Waals surface area contributed by atoms with Crippen molar-refractivity contribution in [2.75, 3.05) is 29.5 Å². The number of rotatable bonds is 7. The number of anilines is 1. The summed E-state index contributed by atoms with van der Waals surface area (Å²) in [4.78, 5) is 1.25. The van der Waals surface area contributed by atoms with Gasteiger partial charge in [-0.25, -0.2) is 0 Å². The van der Waals surface area contributed by atoms with Gasteiger partial charge in [-0.1, -0.05) is 12.1 Å². The lowest BCUT2D eigenvalue weighted by Crippen LogP contribution is -2.33. The van der Waals surface area contributed by atoms with Gasteiger partial charge in [-0.2, -0.15) is 16.8 Å². The third kappa shape index (κ3) is 6.19. The fourth-order valence-electron chi connectivity index (χ4n) is 1.54. The molecule has 0 saturated carbocycles. The first-order valence-electron chi connectivity index (χ1n) is 5.52. The Morgan fingerprint density at radius 1 is 0.900 bits per heavy atom. The molecular weight excluding hydrogens is 310 g/mol. The number of aromatic hydroxyl groups is 1. The minimum absolute atomic E-state index is 0.168. The molecule has 0 saturated heterocycles. The molecule has 0 aliphatic heterocycles. The fraction of sp³-hybridized carbons (Fsp3) is 0.400. The van der Waals surface area contributed by atoms with Gasteiger partial charge in [-0.3, -0.25) is 9.11 Å². The number of phenolic OH excluding ortho intramolecular Hbond substituents is 1. The van der Waals surface area contributed by atoms with Crippen molar-refractivity contribution in [3.05, 3.63) is 24.3 Å². The Morgan fingerprint density at radius 2 is 1.35 bits per heavy atom. The normalized spacial score (nSPS) is 12.3. The van der Waals surface area contributed by atoms with Gasteiger partial charge in [-0.05, 0) is 12.1 Å². The topological polar surface area (TPSA) is 132 Å². The maximum Gasteiger partial charge on any atom is 0.266 e. The largest absolute Gasteiger partial charge is 0.506 e. The van der Waals surface area contributed by atoms with Crippen molar-refractivity contribution in [3.8, 4) is 5.75 Å².